The van der Waals surface area contributed by atoms with E-state index in [4.69, 9.17) is 0 Å². The van der Waals surface area contributed by atoms with Crippen LogP contribution in [0.25, 0.3) is 10.9 Å². The lowest BCUT2D eigenvalue weighted by molar-refractivity contribution is 0.0949. The van der Waals surface area contributed by atoms with Crippen molar-refractivity contribution in [1.82, 2.24) is 4.98 Å². The molecule has 0 bridgehead atoms. The maximum Gasteiger partial charge on any atom is 0.179 e. The van der Waals surface area contributed by atoms with E-state index in [9.17, 15) is 4.79 Å². The first-order valence-electron chi connectivity index (χ1n) is 5.80. The summed E-state index contributed by atoms with van der Waals surface area (Å²) >= 11 is 0. The van der Waals surface area contributed by atoms with Crippen molar-refractivity contribution in [2.45, 2.75) is 26.7 Å². The number of hydrogen-bond acceptors (Lipinski definition) is 1. The van der Waals surface area contributed by atoms with Gasteiger partial charge < -0.3 is 4.98 Å². The number of carbonyl (C=O) groups is 1. The normalized spacial score (nSPS) is 20.1. The summed E-state index contributed by atoms with van der Waals surface area (Å²) in [4.78, 5) is 15.3. The molecule has 82 valence electrons. The Morgan fingerprint density at radius 3 is 2.94 bits per heavy atom. The Morgan fingerprint density at radius 1 is 1.31 bits per heavy atom. The molecule has 2 aromatic rings. The van der Waals surface area contributed by atoms with Gasteiger partial charge in [-0.1, -0.05) is 25.1 Å². The molecule has 3 rings (SSSR count). The molecule has 1 aromatic carbocycles. The highest BCUT2D eigenvalue weighted by molar-refractivity contribution is 6.04. The molecule has 1 atom stereocenters. The second-order valence-corrected chi connectivity index (χ2v) is 4.91. The number of nitrogens with one attached hydrogen (secondary N) is 1. The molecule has 1 N–H and O–H groups in total. The lowest BCUT2D eigenvalue weighted by Gasteiger charge is -2.16. The molecule has 0 saturated carbocycles. The zero-order valence-electron chi connectivity index (χ0n) is 9.63. The van der Waals surface area contributed by atoms with Crippen LogP contribution in [0, 0.1) is 12.8 Å². The summed E-state index contributed by atoms with van der Waals surface area (Å²) < 4.78 is 0. The van der Waals surface area contributed by atoms with Gasteiger partial charge in [0, 0.05) is 17.3 Å². The van der Waals surface area contributed by atoms with Crippen LogP contribution in [0.5, 0.6) is 0 Å². The van der Waals surface area contributed by atoms with Crippen LogP contribution in [-0.4, -0.2) is 10.8 Å². The van der Waals surface area contributed by atoms with Crippen LogP contribution in [0.2, 0.25) is 0 Å². The lowest BCUT2D eigenvalue weighted by Crippen LogP contribution is -2.17. The van der Waals surface area contributed by atoms with Gasteiger partial charge in [-0.15, -0.1) is 0 Å². The standard InChI is InChI=1S/C14H15NO/c1-8-6-11-10-5-3-4-9(2)13(10)15-14(11)12(16)7-8/h3-5,8,15H,6-7H2,1-2H3. The Hall–Kier alpha value is -1.57. The van der Waals surface area contributed by atoms with Crippen molar-refractivity contribution in [3.05, 3.63) is 35.0 Å². The number of H-pyrrole nitrogens is 1. The van der Waals surface area contributed by atoms with E-state index in [1.807, 2.05) is 0 Å². The number of hydrogen-bond donors (Lipinski definition) is 1. The van der Waals surface area contributed by atoms with Crippen molar-refractivity contribution in [2.75, 3.05) is 0 Å². The second-order valence-electron chi connectivity index (χ2n) is 4.91. The summed E-state index contributed by atoms with van der Waals surface area (Å²) in [5, 5.41) is 1.23. The van der Waals surface area contributed by atoms with Crippen LogP contribution in [0.3, 0.4) is 0 Å². The zero-order chi connectivity index (χ0) is 11.3. The van der Waals surface area contributed by atoms with Crippen LogP contribution in [0.4, 0.5) is 0 Å². The second kappa shape index (κ2) is 3.21. The molecule has 1 heterocycles. The number of benzene rings is 1. The minimum absolute atomic E-state index is 0.268. The summed E-state index contributed by atoms with van der Waals surface area (Å²) in [5.74, 6) is 0.740. The first-order chi connectivity index (χ1) is 7.66. The molecule has 1 aromatic heterocycles. The Labute approximate surface area is 94.7 Å². The summed E-state index contributed by atoms with van der Waals surface area (Å²) in [5.41, 5.74) is 4.42. The molecule has 1 unspecified atom stereocenters. The van der Waals surface area contributed by atoms with Crippen LogP contribution in [0.1, 0.15) is 35.0 Å². The monoisotopic (exact) mass is 213 g/mol. The summed E-state index contributed by atoms with van der Waals surface area (Å²) in [6.45, 7) is 4.23. The first kappa shape index (κ1) is 9.64. The van der Waals surface area contributed by atoms with Crippen LogP contribution in [0.15, 0.2) is 18.2 Å². The highest BCUT2D eigenvalue weighted by Crippen LogP contribution is 2.32. The number of aryl methyl sites for hydroxylation is 1. The molecule has 0 fully saturated rings. The summed E-state index contributed by atoms with van der Waals surface area (Å²) in [7, 11) is 0. The minimum Gasteiger partial charge on any atom is -0.352 e. The highest BCUT2D eigenvalue weighted by Gasteiger charge is 2.26. The molecule has 2 heteroatoms. The van der Waals surface area contributed by atoms with Gasteiger partial charge in [-0.2, -0.15) is 0 Å². The third kappa shape index (κ3) is 1.22. The van der Waals surface area contributed by atoms with Gasteiger partial charge in [-0.3, -0.25) is 4.79 Å². The zero-order valence-corrected chi connectivity index (χ0v) is 9.63. The Kier molecular flexibility index (Phi) is 1.93. The van der Waals surface area contributed by atoms with Crippen molar-refractivity contribution < 1.29 is 4.79 Å². The average Bonchev–Trinajstić information content (AvgIpc) is 2.59. The molecule has 0 amide bonds. The van der Waals surface area contributed by atoms with Gasteiger partial charge >= 0.3 is 0 Å². The van der Waals surface area contributed by atoms with E-state index in [-0.39, 0.29) is 5.78 Å². The van der Waals surface area contributed by atoms with Gasteiger partial charge in [-0.05, 0) is 30.4 Å². The highest BCUT2D eigenvalue weighted by atomic mass is 16.1. The van der Waals surface area contributed by atoms with Gasteiger partial charge in [0.2, 0.25) is 0 Å². The fraction of sp³-hybridized carbons (Fsp3) is 0.357. The van der Waals surface area contributed by atoms with Gasteiger partial charge in [-0.25, -0.2) is 0 Å². The van der Waals surface area contributed by atoms with E-state index in [0.29, 0.717) is 12.3 Å². The van der Waals surface area contributed by atoms with Gasteiger partial charge in [0.1, 0.15) is 0 Å². The number of ketones is 1. The molecule has 16 heavy (non-hydrogen) atoms. The maximum atomic E-state index is 11.9. The topological polar surface area (TPSA) is 32.9 Å². The predicted molar refractivity (Wildman–Crippen MR) is 64.9 cm³/mol. The quantitative estimate of drug-likeness (QED) is 0.716. The molecular formula is C14H15NO. The van der Waals surface area contributed by atoms with Crippen LogP contribution < -0.4 is 0 Å². The number of para-hydroxylation sites is 1. The Balaban J connectivity index is 2.35. The van der Waals surface area contributed by atoms with Crippen LogP contribution in [-0.2, 0) is 6.42 Å². The fourth-order valence-corrected chi connectivity index (χ4v) is 2.71. The molecule has 1 aliphatic rings. The lowest BCUT2D eigenvalue weighted by atomic mass is 9.87. The number of rotatable bonds is 0. The average molecular weight is 213 g/mol. The van der Waals surface area contributed by atoms with Crippen molar-refractivity contribution in [1.29, 1.82) is 0 Å². The van der Waals surface area contributed by atoms with Crippen molar-refractivity contribution in [3.63, 3.8) is 0 Å². The Bertz CT molecular complexity index is 580. The molecule has 2 nitrogen and oxygen atoms in total. The van der Waals surface area contributed by atoms with Gasteiger partial charge in [0.05, 0.1) is 5.69 Å². The number of carbonyl (C=O) groups excluding carboxylic acids is 1. The van der Waals surface area contributed by atoms with Gasteiger partial charge in [0.25, 0.3) is 0 Å². The molecule has 0 radical (unpaired) electrons. The maximum absolute atomic E-state index is 11.9. The molecule has 0 saturated heterocycles. The molecule has 1 aliphatic carbocycles. The van der Waals surface area contributed by atoms with Crippen molar-refractivity contribution in [2.24, 2.45) is 5.92 Å². The summed E-state index contributed by atoms with van der Waals surface area (Å²) in [6.07, 6.45) is 1.70. The largest absolute Gasteiger partial charge is 0.352 e. The summed E-state index contributed by atoms with van der Waals surface area (Å²) in [6, 6.07) is 6.26. The number of aromatic amines is 1. The van der Waals surface area contributed by atoms with E-state index in [0.717, 1.165) is 17.6 Å². The van der Waals surface area contributed by atoms with Crippen molar-refractivity contribution >= 4 is 16.7 Å². The smallest absolute Gasteiger partial charge is 0.179 e. The van der Waals surface area contributed by atoms with E-state index in [1.165, 1.54) is 16.5 Å². The number of aromatic nitrogens is 1. The predicted octanol–water partition coefficient (Wildman–Crippen LogP) is 3.24. The third-order valence-electron chi connectivity index (χ3n) is 3.51. The minimum atomic E-state index is 0.268. The fourth-order valence-electron chi connectivity index (χ4n) is 2.71. The van der Waals surface area contributed by atoms with E-state index >= 15 is 0 Å². The number of Topliss-reactive ketones (excluding diaryl/α,β-unsaturated/α-hetero) is 1. The van der Waals surface area contributed by atoms with E-state index in [1.54, 1.807) is 0 Å². The Morgan fingerprint density at radius 2 is 2.12 bits per heavy atom. The molecule has 0 aliphatic heterocycles. The molecule has 0 spiro atoms. The van der Waals surface area contributed by atoms with Crippen LogP contribution >= 0.6 is 0 Å². The first-order valence-corrected chi connectivity index (χ1v) is 5.80. The third-order valence-corrected chi connectivity index (χ3v) is 3.51. The number of fused-ring (bicyclic) bond motifs is 3. The van der Waals surface area contributed by atoms with E-state index in [2.05, 4.69) is 37.0 Å². The van der Waals surface area contributed by atoms with E-state index < -0.39 is 0 Å². The SMILES string of the molecule is Cc1cccc2c3c([nH]c12)C(=O)CC(C)C3. The molecular weight excluding hydrogens is 198 g/mol. The van der Waals surface area contributed by atoms with Crippen molar-refractivity contribution in [3.8, 4) is 0 Å². The van der Waals surface area contributed by atoms with Gasteiger partial charge in [0.15, 0.2) is 5.78 Å².